The lowest BCUT2D eigenvalue weighted by Gasteiger charge is -2.02. The molecule has 0 saturated carbocycles. The van der Waals surface area contributed by atoms with Crippen LogP contribution in [0.5, 0.6) is 0 Å². The summed E-state index contributed by atoms with van der Waals surface area (Å²) in [5, 5.41) is 1.47. The molecule has 13 heavy (non-hydrogen) atoms. The average Bonchev–Trinajstić information content (AvgIpc) is 2.20. The minimum Gasteiger partial charge on any atom is -0.234 e. The molecule has 0 aromatic heterocycles. The minimum absolute atomic E-state index is 0.195. The summed E-state index contributed by atoms with van der Waals surface area (Å²) in [5.41, 5.74) is 2.05. The van der Waals surface area contributed by atoms with Crippen molar-refractivity contribution in [3.05, 3.63) is 42.1 Å². The predicted molar refractivity (Wildman–Crippen MR) is 50.2 cm³/mol. The van der Waals surface area contributed by atoms with E-state index in [4.69, 9.17) is 0 Å². The van der Waals surface area contributed by atoms with Crippen molar-refractivity contribution in [2.75, 3.05) is 0 Å². The van der Waals surface area contributed by atoms with Gasteiger partial charge < -0.3 is 0 Å². The smallest absolute Gasteiger partial charge is 0.234 e. The number of hydrogen-bond acceptors (Lipinski definition) is 1. The van der Waals surface area contributed by atoms with E-state index in [-0.39, 0.29) is 6.03 Å². The molecule has 3 nitrogen and oxygen atoms in total. The molecule has 0 atom stereocenters. The van der Waals surface area contributed by atoms with Gasteiger partial charge in [0.2, 0.25) is 0 Å². The van der Waals surface area contributed by atoms with Crippen LogP contribution in [0.2, 0.25) is 0 Å². The Labute approximate surface area is 75.8 Å². The molecular formula is C10H9N2O+. The van der Waals surface area contributed by atoms with Gasteiger partial charge in [-0.25, -0.2) is 10.1 Å². The third kappa shape index (κ3) is 1.71. The largest absolute Gasteiger partial charge is 0.443 e. The Morgan fingerprint density at radius 3 is 2.54 bits per heavy atom. The molecule has 0 saturated heterocycles. The normalized spacial score (nSPS) is 15.7. The van der Waals surface area contributed by atoms with Crippen LogP contribution in [0.25, 0.3) is 5.57 Å². The number of quaternary nitrogens is 1. The molecule has 0 aliphatic carbocycles. The molecule has 1 aromatic carbocycles. The third-order valence-electron chi connectivity index (χ3n) is 1.84. The van der Waals surface area contributed by atoms with Crippen molar-refractivity contribution in [3.8, 4) is 0 Å². The second kappa shape index (κ2) is 3.33. The number of nitrogens with zero attached hydrogens (tertiary/aromatic N) is 1. The van der Waals surface area contributed by atoms with Crippen molar-refractivity contribution < 1.29 is 10.1 Å². The number of aliphatic imine (C=N–C) groups is 1. The van der Waals surface area contributed by atoms with Crippen LogP contribution in [0.15, 0.2) is 41.5 Å². The number of allylic oxidation sites excluding steroid dienone is 1. The number of carbonyl (C=O) groups is 1. The van der Waals surface area contributed by atoms with Crippen LogP contribution >= 0.6 is 0 Å². The van der Waals surface area contributed by atoms with Crippen LogP contribution in [0.4, 0.5) is 4.79 Å². The zero-order valence-corrected chi connectivity index (χ0v) is 6.97. The van der Waals surface area contributed by atoms with Crippen LogP contribution in [-0.4, -0.2) is 12.2 Å². The summed E-state index contributed by atoms with van der Waals surface area (Å²) >= 11 is 0. The molecule has 1 heterocycles. The van der Waals surface area contributed by atoms with Gasteiger partial charge in [-0.15, -0.1) is 0 Å². The lowest BCUT2D eigenvalue weighted by atomic mass is 10.1. The molecule has 2 amide bonds. The summed E-state index contributed by atoms with van der Waals surface area (Å²) in [6, 6.07) is 9.66. The molecule has 2 N–H and O–H groups in total. The van der Waals surface area contributed by atoms with Gasteiger partial charge in [0.1, 0.15) is 6.20 Å². The maximum atomic E-state index is 10.7. The Balaban J connectivity index is 2.30. The highest BCUT2D eigenvalue weighted by molar-refractivity contribution is 6.12. The van der Waals surface area contributed by atoms with Gasteiger partial charge in [0.05, 0.1) is 5.57 Å². The van der Waals surface area contributed by atoms with E-state index < -0.39 is 0 Å². The summed E-state index contributed by atoms with van der Waals surface area (Å²) in [4.78, 5) is 14.4. The Morgan fingerprint density at radius 2 is 1.92 bits per heavy atom. The molecule has 3 heteroatoms. The molecule has 0 spiro atoms. The number of benzene rings is 1. The van der Waals surface area contributed by atoms with E-state index in [1.54, 1.807) is 12.4 Å². The highest BCUT2D eigenvalue weighted by Gasteiger charge is 2.09. The summed E-state index contributed by atoms with van der Waals surface area (Å²) in [5.74, 6) is 0. The monoisotopic (exact) mass is 173 g/mol. The molecule has 64 valence electrons. The van der Waals surface area contributed by atoms with Gasteiger partial charge in [0.15, 0.2) is 0 Å². The quantitative estimate of drug-likeness (QED) is 0.670. The Morgan fingerprint density at radius 1 is 1.15 bits per heavy atom. The van der Waals surface area contributed by atoms with Gasteiger partial charge in [-0.05, 0) is 5.56 Å². The van der Waals surface area contributed by atoms with Crippen LogP contribution in [0.1, 0.15) is 5.56 Å². The van der Waals surface area contributed by atoms with E-state index in [1.165, 1.54) is 5.32 Å². The lowest BCUT2D eigenvalue weighted by molar-refractivity contribution is -0.478. The zero-order chi connectivity index (χ0) is 9.10. The van der Waals surface area contributed by atoms with Crippen LogP contribution < -0.4 is 5.32 Å². The van der Waals surface area contributed by atoms with E-state index in [2.05, 4.69) is 4.99 Å². The topological polar surface area (TPSA) is 46.0 Å². The average molecular weight is 173 g/mol. The molecule has 0 fully saturated rings. The number of rotatable bonds is 1. The van der Waals surface area contributed by atoms with Crippen molar-refractivity contribution in [1.82, 2.24) is 0 Å². The second-order valence-electron chi connectivity index (χ2n) is 2.75. The van der Waals surface area contributed by atoms with Crippen LogP contribution in [0.3, 0.4) is 0 Å². The maximum absolute atomic E-state index is 10.7. The summed E-state index contributed by atoms with van der Waals surface area (Å²) in [6.07, 6.45) is 3.38. The van der Waals surface area contributed by atoms with Crippen LogP contribution in [-0.2, 0) is 0 Å². The van der Waals surface area contributed by atoms with E-state index >= 15 is 0 Å². The zero-order valence-electron chi connectivity index (χ0n) is 6.97. The number of amides is 2. The number of urea groups is 1. The molecule has 2 rings (SSSR count). The first-order chi connectivity index (χ1) is 6.36. The van der Waals surface area contributed by atoms with Gasteiger partial charge >= 0.3 is 6.03 Å². The van der Waals surface area contributed by atoms with Gasteiger partial charge in [-0.2, -0.15) is 4.99 Å². The van der Waals surface area contributed by atoms with E-state index in [9.17, 15) is 4.79 Å². The Bertz CT molecular complexity index is 379. The van der Waals surface area contributed by atoms with E-state index in [0.29, 0.717) is 0 Å². The minimum atomic E-state index is -0.195. The first kappa shape index (κ1) is 7.89. The highest BCUT2D eigenvalue weighted by Crippen LogP contribution is 2.10. The fourth-order valence-corrected chi connectivity index (χ4v) is 1.18. The maximum Gasteiger partial charge on any atom is 0.443 e. The third-order valence-corrected chi connectivity index (χ3v) is 1.84. The molecule has 0 bridgehead atoms. The van der Waals surface area contributed by atoms with Crippen molar-refractivity contribution in [1.29, 1.82) is 0 Å². The SMILES string of the molecule is O=C1N=CC(c2ccccc2)=C[NH2+]1. The van der Waals surface area contributed by atoms with Gasteiger partial charge in [0.25, 0.3) is 0 Å². The number of hydrogen-bond donors (Lipinski definition) is 1. The molecular weight excluding hydrogens is 164 g/mol. The lowest BCUT2D eigenvalue weighted by Crippen LogP contribution is -2.82. The summed E-state index contributed by atoms with van der Waals surface area (Å²) in [6.45, 7) is 0. The fourth-order valence-electron chi connectivity index (χ4n) is 1.18. The molecule has 0 radical (unpaired) electrons. The number of carbonyl (C=O) groups excluding carboxylic acids is 1. The van der Waals surface area contributed by atoms with Crippen molar-refractivity contribution in [2.24, 2.45) is 4.99 Å². The van der Waals surface area contributed by atoms with Crippen molar-refractivity contribution >= 4 is 17.8 Å². The Kier molecular flexibility index (Phi) is 2.02. The Hall–Kier alpha value is -1.74. The fraction of sp³-hybridized carbons (Fsp3) is 0. The first-order valence-electron chi connectivity index (χ1n) is 4.05. The van der Waals surface area contributed by atoms with Gasteiger partial charge in [-0.3, -0.25) is 0 Å². The number of nitrogens with two attached hydrogens (primary N) is 1. The van der Waals surface area contributed by atoms with Crippen molar-refractivity contribution in [2.45, 2.75) is 0 Å². The van der Waals surface area contributed by atoms with E-state index in [0.717, 1.165) is 11.1 Å². The number of primary amides is 1. The summed E-state index contributed by atoms with van der Waals surface area (Å²) in [7, 11) is 0. The van der Waals surface area contributed by atoms with E-state index in [1.807, 2.05) is 30.3 Å². The molecule has 0 unspecified atom stereocenters. The molecule has 1 aliphatic rings. The van der Waals surface area contributed by atoms with Gasteiger partial charge in [0, 0.05) is 6.21 Å². The summed E-state index contributed by atoms with van der Waals surface area (Å²) < 4.78 is 0. The highest BCUT2D eigenvalue weighted by atomic mass is 16.2. The first-order valence-corrected chi connectivity index (χ1v) is 4.05. The van der Waals surface area contributed by atoms with Crippen LogP contribution in [0, 0.1) is 0 Å². The standard InChI is InChI=1S/C10H8N2O/c13-10-11-6-9(7-12-10)8-4-2-1-3-5-8/h1-7H,(H,11,12,13)/p+1. The second-order valence-corrected chi connectivity index (χ2v) is 2.75. The molecule has 1 aliphatic heterocycles. The predicted octanol–water partition coefficient (Wildman–Crippen LogP) is 0.795. The molecule has 1 aromatic rings. The van der Waals surface area contributed by atoms with Crippen molar-refractivity contribution in [3.63, 3.8) is 0 Å². The van der Waals surface area contributed by atoms with Gasteiger partial charge in [-0.1, -0.05) is 30.3 Å².